The first-order chi connectivity index (χ1) is 15.0. The van der Waals surface area contributed by atoms with E-state index >= 15 is 0 Å². The minimum atomic E-state index is -0.508. The number of anilines is 1. The molecule has 0 fully saturated rings. The fourth-order valence-corrected chi connectivity index (χ4v) is 3.60. The second kappa shape index (κ2) is 9.99. The molecule has 0 aliphatic carbocycles. The Morgan fingerprint density at radius 1 is 1.19 bits per heavy atom. The van der Waals surface area contributed by atoms with Gasteiger partial charge in [0.1, 0.15) is 23.9 Å². The summed E-state index contributed by atoms with van der Waals surface area (Å²) >= 11 is 5.35. The summed E-state index contributed by atoms with van der Waals surface area (Å²) in [7, 11) is 3.10. The van der Waals surface area contributed by atoms with Gasteiger partial charge in [-0.15, -0.1) is 0 Å². The zero-order valence-corrected chi connectivity index (χ0v) is 18.5. The molecule has 0 radical (unpaired) electrons. The molecule has 1 atom stereocenters. The lowest BCUT2D eigenvalue weighted by Gasteiger charge is -2.31. The lowest BCUT2D eigenvalue weighted by molar-refractivity contribution is -0.113. The highest BCUT2D eigenvalue weighted by molar-refractivity contribution is 7.80. The quantitative estimate of drug-likeness (QED) is 0.427. The highest BCUT2D eigenvalue weighted by atomic mass is 32.1. The Balaban J connectivity index is 2.00. The third-order valence-electron chi connectivity index (χ3n) is 4.76. The van der Waals surface area contributed by atoms with Crippen molar-refractivity contribution in [2.45, 2.75) is 13.0 Å². The Labute approximate surface area is 187 Å². The summed E-state index contributed by atoms with van der Waals surface area (Å²) in [6.45, 7) is 5.85. The fraction of sp³-hybridized carbons (Fsp3) is 0.217. The van der Waals surface area contributed by atoms with Crippen LogP contribution in [0.2, 0.25) is 0 Å². The molecular weight excluding hydrogens is 414 g/mol. The molecule has 31 heavy (non-hydrogen) atoms. The zero-order valence-electron chi connectivity index (χ0n) is 17.7. The monoisotopic (exact) mass is 439 g/mol. The minimum Gasteiger partial charge on any atom is -0.497 e. The Morgan fingerprint density at radius 3 is 2.68 bits per heavy atom. The third kappa shape index (κ3) is 4.97. The molecule has 2 aromatic rings. The lowest BCUT2D eigenvalue weighted by atomic mass is 9.94. The Hall–Kier alpha value is -3.52. The molecule has 3 rings (SSSR count). The first kappa shape index (κ1) is 22.2. The van der Waals surface area contributed by atoms with Crippen molar-refractivity contribution in [3.63, 3.8) is 0 Å². The number of nitrogens with one attached hydrogen (secondary N) is 3. The van der Waals surface area contributed by atoms with Crippen molar-refractivity contribution in [1.82, 2.24) is 10.6 Å². The van der Waals surface area contributed by atoms with E-state index in [0.29, 0.717) is 45.9 Å². The molecule has 0 bridgehead atoms. The van der Waals surface area contributed by atoms with Crippen LogP contribution in [0.4, 0.5) is 5.69 Å². The van der Waals surface area contributed by atoms with E-state index in [2.05, 4.69) is 22.5 Å². The van der Waals surface area contributed by atoms with Gasteiger partial charge in [-0.25, -0.2) is 0 Å². The standard InChI is InChI=1S/C23H25N3O4S/c1-5-12-30-18-9-7-6-8-16(18)21-20(14(2)24-23(31)26-21)22(27)25-17-13-15(28-3)10-11-19(17)29-4/h5-11,13,21H,1,12H2,2-4H3,(H,25,27)(H2,24,26,31)/t21-/m0/s1. The number of allylic oxidation sites excluding steroid dienone is 1. The van der Waals surface area contributed by atoms with Gasteiger partial charge >= 0.3 is 0 Å². The van der Waals surface area contributed by atoms with E-state index in [-0.39, 0.29) is 5.91 Å². The van der Waals surface area contributed by atoms with Gasteiger partial charge in [-0.3, -0.25) is 4.79 Å². The summed E-state index contributed by atoms with van der Waals surface area (Å²) in [6, 6.07) is 12.2. The summed E-state index contributed by atoms with van der Waals surface area (Å²) in [4.78, 5) is 13.4. The maximum atomic E-state index is 13.4. The van der Waals surface area contributed by atoms with Gasteiger partial charge in [0.2, 0.25) is 0 Å². The van der Waals surface area contributed by atoms with E-state index < -0.39 is 6.04 Å². The van der Waals surface area contributed by atoms with E-state index in [9.17, 15) is 4.79 Å². The van der Waals surface area contributed by atoms with Crippen molar-refractivity contribution in [3.05, 3.63) is 72.0 Å². The van der Waals surface area contributed by atoms with Crippen LogP contribution in [-0.4, -0.2) is 31.8 Å². The van der Waals surface area contributed by atoms with Crippen molar-refractivity contribution in [2.24, 2.45) is 0 Å². The largest absolute Gasteiger partial charge is 0.497 e. The average Bonchev–Trinajstić information content (AvgIpc) is 2.77. The van der Waals surface area contributed by atoms with Crippen molar-refractivity contribution < 1.29 is 19.0 Å². The van der Waals surface area contributed by atoms with Gasteiger partial charge in [0.15, 0.2) is 5.11 Å². The van der Waals surface area contributed by atoms with Gasteiger partial charge in [0, 0.05) is 17.3 Å². The fourth-order valence-electron chi connectivity index (χ4n) is 3.33. The predicted octanol–water partition coefficient (Wildman–Crippen LogP) is 3.70. The van der Waals surface area contributed by atoms with Crippen LogP contribution in [0, 0.1) is 0 Å². The molecular formula is C23H25N3O4S. The lowest BCUT2D eigenvalue weighted by Crippen LogP contribution is -2.45. The number of methoxy groups -OCH3 is 2. The van der Waals surface area contributed by atoms with Crippen molar-refractivity contribution >= 4 is 28.9 Å². The molecule has 3 N–H and O–H groups in total. The number of thiocarbonyl (C=S) groups is 1. The van der Waals surface area contributed by atoms with Crippen molar-refractivity contribution in [1.29, 1.82) is 0 Å². The number of carbonyl (C=O) groups is 1. The molecule has 0 unspecified atom stereocenters. The molecule has 162 valence electrons. The highest BCUT2D eigenvalue weighted by Crippen LogP contribution is 2.35. The molecule has 7 nitrogen and oxygen atoms in total. The number of ether oxygens (including phenoxy) is 3. The molecule has 8 heteroatoms. The van der Waals surface area contributed by atoms with Crippen LogP contribution in [0.25, 0.3) is 0 Å². The summed E-state index contributed by atoms with van der Waals surface area (Å²) < 4.78 is 16.5. The number of hydrogen-bond acceptors (Lipinski definition) is 5. The van der Waals surface area contributed by atoms with Gasteiger partial charge < -0.3 is 30.2 Å². The Bertz CT molecular complexity index is 1040. The molecule has 0 spiro atoms. The SMILES string of the molecule is C=CCOc1ccccc1[C@@H]1NC(=S)NC(C)=C1C(=O)Nc1cc(OC)ccc1OC. The topological polar surface area (TPSA) is 80.9 Å². The number of amides is 1. The number of hydrogen-bond donors (Lipinski definition) is 3. The summed E-state index contributed by atoms with van der Waals surface area (Å²) in [5.41, 5.74) is 2.41. The van der Waals surface area contributed by atoms with Crippen LogP contribution in [0.3, 0.4) is 0 Å². The van der Waals surface area contributed by atoms with E-state index in [1.54, 1.807) is 38.5 Å². The number of para-hydroxylation sites is 1. The maximum absolute atomic E-state index is 13.4. The van der Waals surface area contributed by atoms with Crippen molar-refractivity contribution in [3.8, 4) is 17.2 Å². The molecule has 0 aromatic heterocycles. The zero-order chi connectivity index (χ0) is 22.4. The van der Waals surface area contributed by atoms with Crippen LogP contribution in [0.15, 0.2) is 66.4 Å². The van der Waals surface area contributed by atoms with Gasteiger partial charge in [-0.05, 0) is 37.3 Å². The van der Waals surface area contributed by atoms with Gasteiger partial charge in [0.05, 0.1) is 31.5 Å². The third-order valence-corrected chi connectivity index (χ3v) is 4.98. The molecule has 2 aromatic carbocycles. The van der Waals surface area contributed by atoms with Gasteiger partial charge in [0.25, 0.3) is 5.91 Å². The second-order valence-corrected chi connectivity index (χ2v) is 7.14. The van der Waals surface area contributed by atoms with Crippen LogP contribution in [-0.2, 0) is 4.79 Å². The normalized spacial score (nSPS) is 15.5. The Morgan fingerprint density at radius 2 is 1.97 bits per heavy atom. The van der Waals surface area contributed by atoms with Gasteiger partial charge in [-0.2, -0.15) is 0 Å². The molecule has 1 heterocycles. The molecule has 1 amide bonds. The van der Waals surface area contributed by atoms with E-state index in [1.165, 1.54) is 0 Å². The van der Waals surface area contributed by atoms with Crippen LogP contribution in [0.5, 0.6) is 17.2 Å². The molecule has 1 aliphatic rings. The minimum absolute atomic E-state index is 0.310. The first-order valence-electron chi connectivity index (χ1n) is 9.62. The summed E-state index contributed by atoms with van der Waals surface area (Å²) in [5.74, 6) is 1.45. The van der Waals surface area contributed by atoms with Crippen LogP contribution >= 0.6 is 12.2 Å². The van der Waals surface area contributed by atoms with E-state index in [4.69, 9.17) is 26.4 Å². The predicted molar refractivity (Wildman–Crippen MR) is 125 cm³/mol. The van der Waals surface area contributed by atoms with Crippen LogP contribution in [0.1, 0.15) is 18.5 Å². The number of rotatable bonds is 8. The average molecular weight is 440 g/mol. The highest BCUT2D eigenvalue weighted by Gasteiger charge is 2.32. The van der Waals surface area contributed by atoms with Crippen molar-refractivity contribution in [2.75, 3.05) is 26.1 Å². The first-order valence-corrected chi connectivity index (χ1v) is 10.0. The smallest absolute Gasteiger partial charge is 0.255 e. The number of benzene rings is 2. The van der Waals surface area contributed by atoms with E-state index in [0.717, 1.165) is 5.56 Å². The second-order valence-electron chi connectivity index (χ2n) is 6.73. The summed E-state index contributed by atoms with van der Waals surface area (Å²) in [6.07, 6.45) is 1.67. The summed E-state index contributed by atoms with van der Waals surface area (Å²) in [5, 5.41) is 9.58. The van der Waals surface area contributed by atoms with E-state index in [1.807, 2.05) is 31.2 Å². The van der Waals surface area contributed by atoms with Crippen LogP contribution < -0.4 is 30.2 Å². The molecule has 1 aliphatic heterocycles. The maximum Gasteiger partial charge on any atom is 0.255 e. The van der Waals surface area contributed by atoms with Gasteiger partial charge in [-0.1, -0.05) is 30.9 Å². The number of carbonyl (C=O) groups excluding carboxylic acids is 1. The Kier molecular flexibility index (Phi) is 7.15. The molecule has 0 saturated carbocycles. The molecule has 0 saturated heterocycles.